The van der Waals surface area contributed by atoms with Crippen LogP contribution in [-0.2, 0) is 9.84 Å². The molecule has 0 saturated heterocycles. The van der Waals surface area contributed by atoms with Gasteiger partial charge < -0.3 is 15.2 Å². The number of hydrogen-bond donors (Lipinski definition) is 2. The van der Waals surface area contributed by atoms with Crippen molar-refractivity contribution in [1.29, 1.82) is 0 Å². The number of ether oxygens (including phenoxy) is 1. The van der Waals surface area contributed by atoms with Crippen LogP contribution in [0.2, 0.25) is 0 Å². The van der Waals surface area contributed by atoms with E-state index in [1.54, 1.807) is 12.1 Å². The Labute approximate surface area is 122 Å². The first-order valence-electron chi connectivity index (χ1n) is 5.82. The highest BCUT2D eigenvalue weighted by atomic mass is 79.9. The average molecular weight is 352 g/mol. The first-order chi connectivity index (χ1) is 8.87. The number of nitrogens with one attached hydrogen (secondary N) is 1. The lowest BCUT2D eigenvalue weighted by Gasteiger charge is -2.13. The molecule has 0 aliphatic rings. The molecule has 0 heterocycles. The van der Waals surface area contributed by atoms with Crippen molar-refractivity contribution in [1.82, 2.24) is 5.32 Å². The summed E-state index contributed by atoms with van der Waals surface area (Å²) >= 11 is 3.32. The predicted octanol–water partition coefficient (Wildman–Crippen LogP) is 0.823. The molecule has 7 heteroatoms. The summed E-state index contributed by atoms with van der Waals surface area (Å²) in [6.07, 6.45) is 0.505. The van der Waals surface area contributed by atoms with E-state index in [0.29, 0.717) is 18.8 Å². The molecule has 0 amide bonds. The van der Waals surface area contributed by atoms with Crippen LogP contribution in [0.1, 0.15) is 0 Å². The standard InChI is InChI=1S/C12H18BrNO4S/c1-19(16,17)7-6-14-8-11(15)9-18-12-4-2-10(13)3-5-12/h2-5,11,14-15H,6-9H2,1H3. The minimum absolute atomic E-state index is 0.0628. The van der Waals surface area contributed by atoms with Crippen LogP contribution < -0.4 is 10.1 Å². The highest BCUT2D eigenvalue weighted by molar-refractivity contribution is 9.10. The summed E-state index contributed by atoms with van der Waals surface area (Å²) in [4.78, 5) is 0. The van der Waals surface area contributed by atoms with E-state index in [0.717, 1.165) is 4.47 Å². The van der Waals surface area contributed by atoms with Gasteiger partial charge in [0.25, 0.3) is 0 Å². The highest BCUT2D eigenvalue weighted by Crippen LogP contribution is 2.16. The fourth-order valence-electron chi connectivity index (χ4n) is 1.31. The third-order valence-corrected chi connectivity index (χ3v) is 3.76. The number of halogens is 1. The zero-order valence-electron chi connectivity index (χ0n) is 10.7. The molecule has 1 atom stereocenters. The van der Waals surface area contributed by atoms with Gasteiger partial charge in [0, 0.05) is 23.8 Å². The van der Waals surface area contributed by atoms with Gasteiger partial charge >= 0.3 is 0 Å². The molecule has 19 heavy (non-hydrogen) atoms. The van der Waals surface area contributed by atoms with E-state index in [2.05, 4.69) is 21.2 Å². The largest absolute Gasteiger partial charge is 0.491 e. The second kappa shape index (κ2) is 7.84. The van der Waals surface area contributed by atoms with Gasteiger partial charge in [0.05, 0.1) is 5.75 Å². The first kappa shape index (κ1) is 16.4. The van der Waals surface area contributed by atoms with Crippen molar-refractivity contribution < 1.29 is 18.3 Å². The van der Waals surface area contributed by atoms with Crippen molar-refractivity contribution in [2.24, 2.45) is 0 Å². The van der Waals surface area contributed by atoms with E-state index in [4.69, 9.17) is 4.74 Å². The molecule has 1 rings (SSSR count). The summed E-state index contributed by atoms with van der Waals surface area (Å²) in [6, 6.07) is 7.31. The quantitative estimate of drug-likeness (QED) is 0.678. The number of hydrogen-bond acceptors (Lipinski definition) is 5. The first-order valence-corrected chi connectivity index (χ1v) is 8.67. The molecule has 0 aliphatic heterocycles. The highest BCUT2D eigenvalue weighted by Gasteiger charge is 2.06. The molecule has 2 N–H and O–H groups in total. The van der Waals surface area contributed by atoms with Crippen LogP contribution in [-0.4, -0.2) is 51.3 Å². The van der Waals surface area contributed by atoms with Crippen LogP contribution in [0.5, 0.6) is 5.75 Å². The minimum atomic E-state index is -2.96. The molecule has 1 aromatic carbocycles. The van der Waals surface area contributed by atoms with Gasteiger partial charge in [-0.05, 0) is 24.3 Å². The van der Waals surface area contributed by atoms with Gasteiger partial charge in [-0.2, -0.15) is 0 Å². The number of aliphatic hydroxyl groups excluding tert-OH is 1. The smallest absolute Gasteiger partial charge is 0.148 e. The fourth-order valence-corrected chi connectivity index (χ4v) is 2.09. The Hall–Kier alpha value is -0.630. The van der Waals surface area contributed by atoms with Gasteiger partial charge in [-0.25, -0.2) is 8.42 Å². The van der Waals surface area contributed by atoms with Crippen LogP contribution in [0.15, 0.2) is 28.7 Å². The molecule has 0 aromatic heterocycles. The molecular weight excluding hydrogens is 334 g/mol. The van der Waals surface area contributed by atoms with E-state index in [9.17, 15) is 13.5 Å². The summed E-state index contributed by atoms with van der Waals surface area (Å²) in [7, 11) is -2.96. The maximum atomic E-state index is 10.9. The molecule has 0 saturated carbocycles. The Morgan fingerprint density at radius 3 is 2.58 bits per heavy atom. The number of benzene rings is 1. The normalized spacial score (nSPS) is 13.2. The number of sulfone groups is 1. The van der Waals surface area contributed by atoms with Crippen molar-refractivity contribution in [2.45, 2.75) is 6.10 Å². The van der Waals surface area contributed by atoms with Crippen LogP contribution in [0.4, 0.5) is 0 Å². The molecule has 0 spiro atoms. The fraction of sp³-hybridized carbons (Fsp3) is 0.500. The Bertz CT molecular complexity index is 475. The van der Waals surface area contributed by atoms with Crippen LogP contribution >= 0.6 is 15.9 Å². The molecule has 0 aliphatic carbocycles. The summed E-state index contributed by atoms with van der Waals surface area (Å²) in [5.41, 5.74) is 0. The molecule has 108 valence electrons. The van der Waals surface area contributed by atoms with Crippen molar-refractivity contribution in [3.8, 4) is 5.75 Å². The summed E-state index contributed by atoms with van der Waals surface area (Å²) in [6.45, 7) is 0.785. The molecule has 0 radical (unpaired) electrons. The van der Waals surface area contributed by atoms with Gasteiger partial charge in [-0.1, -0.05) is 15.9 Å². The lowest BCUT2D eigenvalue weighted by atomic mass is 10.3. The second-order valence-electron chi connectivity index (χ2n) is 4.25. The zero-order chi connectivity index (χ0) is 14.3. The van der Waals surface area contributed by atoms with Crippen LogP contribution in [0.25, 0.3) is 0 Å². The molecule has 0 fully saturated rings. The van der Waals surface area contributed by atoms with Crippen molar-refractivity contribution in [2.75, 3.05) is 31.7 Å². The van der Waals surface area contributed by atoms with Crippen LogP contribution in [0.3, 0.4) is 0 Å². The Kier molecular flexibility index (Phi) is 6.78. The lowest BCUT2D eigenvalue weighted by molar-refractivity contribution is 0.107. The van der Waals surface area contributed by atoms with Crippen molar-refractivity contribution in [3.05, 3.63) is 28.7 Å². The minimum Gasteiger partial charge on any atom is -0.491 e. The molecule has 0 bridgehead atoms. The van der Waals surface area contributed by atoms with Crippen molar-refractivity contribution in [3.63, 3.8) is 0 Å². The average Bonchev–Trinajstić information content (AvgIpc) is 2.33. The predicted molar refractivity (Wildman–Crippen MR) is 78.2 cm³/mol. The van der Waals surface area contributed by atoms with Gasteiger partial charge in [-0.15, -0.1) is 0 Å². The second-order valence-corrected chi connectivity index (χ2v) is 7.43. The molecular formula is C12H18BrNO4S. The number of aliphatic hydroxyl groups is 1. The maximum Gasteiger partial charge on any atom is 0.148 e. The van der Waals surface area contributed by atoms with Crippen molar-refractivity contribution >= 4 is 25.8 Å². The van der Waals surface area contributed by atoms with E-state index >= 15 is 0 Å². The van der Waals surface area contributed by atoms with Crippen LogP contribution in [0, 0.1) is 0 Å². The summed E-state index contributed by atoms with van der Waals surface area (Å²) in [5.74, 6) is 0.742. The Balaban J connectivity index is 2.17. The van der Waals surface area contributed by atoms with Gasteiger partial charge in [-0.3, -0.25) is 0 Å². The lowest BCUT2D eigenvalue weighted by Crippen LogP contribution is -2.34. The van der Waals surface area contributed by atoms with Gasteiger partial charge in [0.2, 0.25) is 0 Å². The van der Waals surface area contributed by atoms with E-state index < -0.39 is 15.9 Å². The third-order valence-electron chi connectivity index (χ3n) is 2.29. The van der Waals surface area contributed by atoms with Gasteiger partial charge in [0.1, 0.15) is 28.3 Å². The van der Waals surface area contributed by atoms with E-state index in [-0.39, 0.29) is 12.4 Å². The summed E-state index contributed by atoms with van der Waals surface area (Å²) in [5, 5.41) is 12.5. The zero-order valence-corrected chi connectivity index (χ0v) is 13.1. The monoisotopic (exact) mass is 351 g/mol. The third kappa shape index (κ3) is 8.20. The molecule has 1 unspecified atom stereocenters. The topological polar surface area (TPSA) is 75.6 Å². The number of rotatable bonds is 8. The summed E-state index contributed by atoms with van der Waals surface area (Å²) < 4.78 is 28.1. The van der Waals surface area contributed by atoms with E-state index in [1.807, 2.05) is 12.1 Å². The molecule has 5 nitrogen and oxygen atoms in total. The Morgan fingerprint density at radius 2 is 2.00 bits per heavy atom. The maximum absolute atomic E-state index is 10.9. The van der Waals surface area contributed by atoms with E-state index in [1.165, 1.54) is 6.26 Å². The Morgan fingerprint density at radius 1 is 1.37 bits per heavy atom. The molecule has 1 aromatic rings. The SMILES string of the molecule is CS(=O)(=O)CCNCC(O)COc1ccc(Br)cc1. The van der Waals surface area contributed by atoms with Gasteiger partial charge in [0.15, 0.2) is 0 Å².